The number of carbonyl (C=O) groups is 4. The third-order valence-electron chi connectivity index (χ3n) is 7.36. The minimum absolute atomic E-state index is 0.134. The van der Waals surface area contributed by atoms with Crippen molar-refractivity contribution in [2.45, 2.75) is 19.0 Å². The molecule has 2 N–H and O–H groups in total. The molecule has 3 aliphatic rings. The van der Waals surface area contributed by atoms with Crippen LogP contribution in [0.5, 0.6) is 11.5 Å². The van der Waals surface area contributed by atoms with Crippen LogP contribution in [0, 0.1) is 11.8 Å². The summed E-state index contributed by atoms with van der Waals surface area (Å²) >= 11 is 0. The molecule has 2 fully saturated rings. The van der Waals surface area contributed by atoms with Crippen LogP contribution >= 0.6 is 0 Å². The van der Waals surface area contributed by atoms with Crippen LogP contribution in [0.3, 0.4) is 0 Å². The zero-order valence-corrected chi connectivity index (χ0v) is 22.6. The van der Waals surface area contributed by atoms with Crippen molar-refractivity contribution in [2.24, 2.45) is 0 Å². The number of nitrogens with zero attached hydrogens (tertiary/aromatic N) is 4. The summed E-state index contributed by atoms with van der Waals surface area (Å²) in [5.41, 5.74) is -0.172. The van der Waals surface area contributed by atoms with E-state index in [1.165, 1.54) is 19.1 Å². The second-order valence-electron chi connectivity index (χ2n) is 9.72. The van der Waals surface area contributed by atoms with Crippen LogP contribution < -0.4 is 20.1 Å². The Hall–Kier alpha value is -4.63. The number of ether oxygens (including phenoxy) is 2. The summed E-state index contributed by atoms with van der Waals surface area (Å²) in [5, 5.41) is 4.80. The number of piperazine rings is 1. The summed E-state index contributed by atoms with van der Waals surface area (Å²) in [6.07, 6.45) is 0. The quantitative estimate of drug-likeness (QED) is 0.395. The Morgan fingerprint density at radius 1 is 1.07 bits per heavy atom. The molecule has 5 amide bonds. The monoisotopic (exact) mass is 546 g/mol. The first-order valence-electron chi connectivity index (χ1n) is 13.0. The van der Waals surface area contributed by atoms with Crippen molar-refractivity contribution in [1.82, 2.24) is 30.3 Å². The van der Waals surface area contributed by atoms with Gasteiger partial charge in [-0.25, -0.2) is 9.78 Å². The number of methoxy groups -OCH3 is 2. The summed E-state index contributed by atoms with van der Waals surface area (Å²) < 4.78 is 10.6. The van der Waals surface area contributed by atoms with Gasteiger partial charge in [-0.1, -0.05) is 18.9 Å². The molecule has 0 aliphatic carbocycles. The summed E-state index contributed by atoms with van der Waals surface area (Å²) in [7, 11) is 2.96. The van der Waals surface area contributed by atoms with E-state index >= 15 is 0 Å². The highest BCUT2D eigenvalue weighted by Crippen LogP contribution is 2.28. The number of aromatic nitrogens is 1. The van der Waals surface area contributed by atoms with Gasteiger partial charge < -0.3 is 29.5 Å². The lowest BCUT2D eigenvalue weighted by Gasteiger charge is -2.33. The molecular weight excluding hydrogens is 516 g/mol. The van der Waals surface area contributed by atoms with Gasteiger partial charge in [0.25, 0.3) is 17.7 Å². The molecule has 3 aliphatic heterocycles. The fourth-order valence-corrected chi connectivity index (χ4v) is 5.03. The average Bonchev–Trinajstić information content (AvgIpc) is 3.44. The Bertz CT molecular complexity index is 1440. The first kappa shape index (κ1) is 27.0. The number of hydrogen-bond acceptors (Lipinski definition) is 8. The second-order valence-corrected chi connectivity index (χ2v) is 9.72. The molecule has 0 radical (unpaired) electrons. The molecule has 1 aromatic carbocycles. The largest absolute Gasteiger partial charge is 0.497 e. The normalized spacial score (nSPS) is 20.4. The Balaban J connectivity index is 1.43. The molecule has 1 atom stereocenters. The Kier molecular flexibility index (Phi) is 7.32. The predicted octanol–water partition coefficient (Wildman–Crippen LogP) is 0.462. The van der Waals surface area contributed by atoms with Crippen molar-refractivity contribution in [1.29, 1.82) is 0 Å². The van der Waals surface area contributed by atoms with Crippen LogP contribution in [0.25, 0.3) is 0 Å². The number of amides is 5. The number of carbonyl (C=O) groups excluding carboxylic acids is 4. The molecule has 12 heteroatoms. The van der Waals surface area contributed by atoms with Crippen molar-refractivity contribution in [3.8, 4) is 23.3 Å². The van der Waals surface area contributed by atoms with E-state index < -0.39 is 17.5 Å². The number of benzene rings is 1. The van der Waals surface area contributed by atoms with Crippen molar-refractivity contribution in [2.75, 3.05) is 53.5 Å². The zero-order chi connectivity index (χ0) is 28.4. The maximum Gasteiger partial charge on any atom is 0.323 e. The van der Waals surface area contributed by atoms with E-state index in [2.05, 4.69) is 39.3 Å². The summed E-state index contributed by atoms with van der Waals surface area (Å²) in [6, 6.07) is 7.64. The number of urea groups is 1. The Labute approximate surface area is 231 Å². The van der Waals surface area contributed by atoms with Gasteiger partial charge in [0.1, 0.15) is 11.4 Å². The van der Waals surface area contributed by atoms with E-state index in [-0.39, 0.29) is 36.3 Å². The third kappa shape index (κ3) is 5.03. The molecule has 208 valence electrons. The highest BCUT2D eigenvalue weighted by atomic mass is 16.5. The lowest BCUT2D eigenvalue weighted by atomic mass is 9.99. The van der Waals surface area contributed by atoms with Crippen LogP contribution in [0.1, 0.15) is 39.0 Å². The number of rotatable bonds is 6. The number of nitrogens with one attached hydrogen (secondary N) is 2. The van der Waals surface area contributed by atoms with Crippen LogP contribution in [-0.2, 0) is 11.3 Å². The molecule has 0 spiro atoms. The fourth-order valence-electron chi connectivity index (χ4n) is 5.03. The Morgan fingerprint density at radius 2 is 1.85 bits per heavy atom. The molecule has 0 unspecified atom stereocenters. The summed E-state index contributed by atoms with van der Waals surface area (Å²) in [5.74, 6) is 5.30. The smallest absolute Gasteiger partial charge is 0.323 e. The SMILES string of the molecule is CCN1CCN(C(=O)c2ccc(OC)c(C#C[C@]3(CN4Cc5ccc(OC)cc5C4=O)NC(=O)NC3=O)n2)CC1. The lowest BCUT2D eigenvalue weighted by molar-refractivity contribution is -0.122. The first-order valence-corrected chi connectivity index (χ1v) is 13.0. The Morgan fingerprint density at radius 3 is 2.50 bits per heavy atom. The number of hydrogen-bond donors (Lipinski definition) is 2. The molecule has 12 nitrogen and oxygen atoms in total. The minimum Gasteiger partial charge on any atom is -0.497 e. The van der Waals surface area contributed by atoms with E-state index in [0.29, 0.717) is 30.2 Å². The van der Waals surface area contributed by atoms with Crippen molar-refractivity contribution >= 4 is 23.8 Å². The lowest BCUT2D eigenvalue weighted by Crippen LogP contribution is -2.54. The number of pyridine rings is 1. The standard InChI is InChI=1S/C28H30N6O6/c1-4-32-11-13-33(14-12-32)25(36)22-7-8-23(40-3)21(29-22)9-10-28(26(37)30-27(38)31-28)17-34-16-18-5-6-19(39-2)15-20(18)24(34)35/h5-8,15H,4,11-14,16-17H2,1-3H3,(H2,30,31,37,38)/t28-/m1/s1. The van der Waals surface area contributed by atoms with Gasteiger partial charge in [0, 0.05) is 38.3 Å². The average molecular weight is 547 g/mol. The maximum absolute atomic E-state index is 13.2. The van der Waals surface area contributed by atoms with E-state index in [0.717, 1.165) is 25.2 Å². The van der Waals surface area contributed by atoms with Crippen molar-refractivity contribution < 1.29 is 28.7 Å². The topological polar surface area (TPSA) is 133 Å². The van der Waals surface area contributed by atoms with Gasteiger partial charge in [-0.2, -0.15) is 0 Å². The molecule has 1 aromatic heterocycles. The number of imide groups is 1. The molecule has 5 rings (SSSR count). The van der Waals surface area contributed by atoms with E-state index in [1.54, 1.807) is 35.2 Å². The van der Waals surface area contributed by atoms with Crippen molar-refractivity contribution in [3.05, 3.63) is 52.8 Å². The fraction of sp³-hybridized carbons (Fsp3) is 0.393. The van der Waals surface area contributed by atoms with Crippen LogP contribution in [0.15, 0.2) is 30.3 Å². The molecule has 0 saturated carbocycles. The van der Waals surface area contributed by atoms with E-state index in [9.17, 15) is 19.2 Å². The molecule has 0 bridgehead atoms. The third-order valence-corrected chi connectivity index (χ3v) is 7.36. The summed E-state index contributed by atoms with van der Waals surface area (Å²) in [6.45, 7) is 5.81. The highest BCUT2D eigenvalue weighted by Gasteiger charge is 2.48. The number of likely N-dealkylation sites (N-methyl/N-ethyl adjacent to an activating group) is 1. The van der Waals surface area contributed by atoms with Crippen LogP contribution in [-0.4, -0.2) is 102 Å². The molecule has 40 heavy (non-hydrogen) atoms. The first-order chi connectivity index (χ1) is 19.3. The predicted molar refractivity (Wildman–Crippen MR) is 143 cm³/mol. The highest BCUT2D eigenvalue weighted by molar-refractivity contribution is 6.10. The molecule has 4 heterocycles. The van der Waals surface area contributed by atoms with Gasteiger partial charge >= 0.3 is 6.03 Å². The van der Waals surface area contributed by atoms with Crippen molar-refractivity contribution in [3.63, 3.8) is 0 Å². The zero-order valence-electron chi connectivity index (χ0n) is 22.6. The van der Waals surface area contributed by atoms with Gasteiger partial charge in [-0.05, 0) is 42.3 Å². The van der Waals surface area contributed by atoms with Crippen LogP contribution in [0.2, 0.25) is 0 Å². The molecule has 2 saturated heterocycles. The summed E-state index contributed by atoms with van der Waals surface area (Å²) in [4.78, 5) is 61.5. The molecule has 2 aromatic rings. The van der Waals surface area contributed by atoms with Gasteiger partial charge in [0.2, 0.25) is 5.54 Å². The maximum atomic E-state index is 13.2. The number of fused-ring (bicyclic) bond motifs is 1. The van der Waals surface area contributed by atoms with Crippen LogP contribution in [0.4, 0.5) is 4.79 Å². The van der Waals surface area contributed by atoms with E-state index in [4.69, 9.17) is 9.47 Å². The second kappa shape index (κ2) is 10.9. The van der Waals surface area contributed by atoms with E-state index in [1.807, 2.05) is 0 Å². The van der Waals surface area contributed by atoms with Gasteiger partial charge in [0.05, 0.1) is 20.8 Å². The molecular formula is C28H30N6O6. The van der Waals surface area contributed by atoms with Gasteiger partial charge in [-0.15, -0.1) is 0 Å². The minimum atomic E-state index is -1.73. The van der Waals surface area contributed by atoms with Gasteiger partial charge in [0.15, 0.2) is 11.4 Å². The van der Waals surface area contributed by atoms with Gasteiger partial charge in [-0.3, -0.25) is 19.7 Å².